The van der Waals surface area contributed by atoms with Crippen LogP contribution in [-0.4, -0.2) is 93.1 Å². The maximum atomic E-state index is 13.3. The highest BCUT2D eigenvalue weighted by Crippen LogP contribution is 2.42. The molecule has 8 rings (SSSR count). The first-order valence-electron chi connectivity index (χ1n) is 16.8. The fraction of sp³-hybridized carbons (Fsp3) is 0.529. The molecule has 4 aliphatic rings. The number of amides is 1. The highest BCUT2D eigenvalue weighted by Gasteiger charge is 2.44. The van der Waals surface area contributed by atoms with Crippen molar-refractivity contribution in [3.8, 4) is 28.0 Å². The molecule has 2 bridgehead atoms. The third-order valence-electron chi connectivity index (χ3n) is 10.3. The average molecular weight is 653 g/mol. The zero-order valence-electron chi connectivity index (χ0n) is 26.8. The van der Waals surface area contributed by atoms with Crippen LogP contribution in [0.25, 0.3) is 27.5 Å². The van der Waals surface area contributed by atoms with Crippen LogP contribution < -0.4 is 15.5 Å². The summed E-state index contributed by atoms with van der Waals surface area (Å²) in [6.07, 6.45) is 7.58. The van der Waals surface area contributed by atoms with Crippen LogP contribution >= 0.6 is 11.3 Å². The van der Waals surface area contributed by atoms with E-state index in [1.165, 1.54) is 0 Å². The van der Waals surface area contributed by atoms with Crippen molar-refractivity contribution in [1.82, 2.24) is 35.0 Å². The topological polar surface area (TPSA) is 137 Å². The number of fused-ring (bicyclic) bond motifs is 3. The summed E-state index contributed by atoms with van der Waals surface area (Å²) in [5.74, 6) is 1.21. The van der Waals surface area contributed by atoms with Crippen molar-refractivity contribution in [2.24, 2.45) is 17.8 Å². The Morgan fingerprint density at radius 3 is 2.55 bits per heavy atom. The second kappa shape index (κ2) is 12.5. The molecule has 0 aromatic carbocycles. The number of rotatable bonds is 8. The van der Waals surface area contributed by atoms with Gasteiger partial charge in [0.2, 0.25) is 11.0 Å². The van der Waals surface area contributed by atoms with E-state index >= 15 is 0 Å². The van der Waals surface area contributed by atoms with E-state index < -0.39 is 0 Å². The fourth-order valence-electron chi connectivity index (χ4n) is 7.76. The number of nitriles is 1. The summed E-state index contributed by atoms with van der Waals surface area (Å²) in [5.41, 5.74) is 4.83. The van der Waals surface area contributed by atoms with Crippen LogP contribution in [0.5, 0.6) is 0 Å². The number of nitrogens with zero attached hydrogens (tertiary/aromatic N) is 8. The number of ether oxygens (including phenoxy) is 1. The summed E-state index contributed by atoms with van der Waals surface area (Å²) in [6.45, 7) is 9.65. The summed E-state index contributed by atoms with van der Waals surface area (Å²) in [6, 6.07) is 10.9. The maximum Gasteiger partial charge on any atom is 0.223 e. The van der Waals surface area contributed by atoms with Gasteiger partial charge in [-0.25, -0.2) is 4.52 Å². The molecule has 4 fully saturated rings. The van der Waals surface area contributed by atoms with Gasteiger partial charge >= 0.3 is 0 Å². The molecule has 47 heavy (non-hydrogen) atoms. The van der Waals surface area contributed by atoms with Gasteiger partial charge in [0.25, 0.3) is 0 Å². The first-order chi connectivity index (χ1) is 22.9. The Morgan fingerprint density at radius 2 is 1.85 bits per heavy atom. The Hall–Kier alpha value is -4.12. The SMILES string of the molecule is CC(C)Nc1cc(-c2ccc3cc(C#N)cnn23)ncc1-c1nnc(N2C[C@H]3CC[C@@H](C2)[C@H]3NC(=O)C2CCN(C3COC3)CC2)s1. The Balaban J connectivity index is 0.956. The molecule has 1 aliphatic carbocycles. The van der Waals surface area contributed by atoms with Crippen molar-refractivity contribution in [3.63, 3.8) is 0 Å². The molecule has 12 nitrogen and oxygen atoms in total. The summed E-state index contributed by atoms with van der Waals surface area (Å²) in [4.78, 5) is 23.0. The molecule has 0 radical (unpaired) electrons. The third kappa shape index (κ3) is 5.83. The highest BCUT2D eigenvalue weighted by atomic mass is 32.1. The van der Waals surface area contributed by atoms with Crippen LogP contribution in [0.2, 0.25) is 0 Å². The number of piperidine rings is 2. The standard InChI is InChI=1S/C34H40N10O2S/c1-20(2)38-28-12-29(30-6-5-25-11-21(13-35)14-37-44(25)30)36-15-27(28)33-40-41-34(47-33)43-16-23-3-4-24(17-43)31(23)39-32(45)22-7-9-42(10-8-22)26-18-46-19-26/h5-6,11-12,14-15,20,22-24,26,31H,3-4,7-10,16-19H2,1-2H3,(H,36,38)(H,39,45)/t23-,24+,31+. The van der Waals surface area contributed by atoms with Crippen LogP contribution in [0.1, 0.15) is 45.1 Å². The number of hydrogen-bond acceptors (Lipinski definition) is 11. The molecular formula is C34H40N10O2S. The second-order valence-electron chi connectivity index (χ2n) is 13.8. The molecule has 0 spiro atoms. The smallest absolute Gasteiger partial charge is 0.223 e. The number of anilines is 2. The van der Waals surface area contributed by atoms with Crippen LogP contribution in [0.15, 0.2) is 36.7 Å². The lowest BCUT2D eigenvalue weighted by Gasteiger charge is -2.42. The molecule has 244 valence electrons. The van der Waals surface area contributed by atoms with Crippen molar-refractivity contribution in [3.05, 3.63) is 42.2 Å². The van der Waals surface area contributed by atoms with E-state index in [0.717, 1.165) is 103 Å². The number of hydrogen-bond donors (Lipinski definition) is 2. The molecule has 2 N–H and O–H groups in total. The largest absolute Gasteiger partial charge is 0.382 e. The van der Waals surface area contributed by atoms with Crippen LogP contribution in [0.4, 0.5) is 10.8 Å². The van der Waals surface area contributed by atoms with Crippen molar-refractivity contribution >= 4 is 33.6 Å². The van der Waals surface area contributed by atoms with Gasteiger partial charge in [-0.3, -0.25) is 14.7 Å². The summed E-state index contributed by atoms with van der Waals surface area (Å²) in [7, 11) is 0. The van der Waals surface area contributed by atoms with Gasteiger partial charge in [-0.05, 0) is 88.7 Å². The van der Waals surface area contributed by atoms with Gasteiger partial charge in [0, 0.05) is 43.0 Å². The predicted molar refractivity (Wildman–Crippen MR) is 180 cm³/mol. The molecule has 0 unspecified atom stereocenters. The van der Waals surface area contributed by atoms with Crippen molar-refractivity contribution in [2.75, 3.05) is 49.6 Å². The molecule has 1 saturated carbocycles. The van der Waals surface area contributed by atoms with Gasteiger partial charge in [0.15, 0.2) is 5.01 Å². The average Bonchev–Trinajstić information content (AvgIpc) is 3.76. The van der Waals surface area contributed by atoms with E-state index in [1.54, 1.807) is 22.0 Å². The fourth-order valence-corrected chi connectivity index (χ4v) is 8.65. The van der Waals surface area contributed by atoms with Crippen LogP contribution in [0, 0.1) is 29.1 Å². The second-order valence-corrected chi connectivity index (χ2v) is 14.7. The summed E-state index contributed by atoms with van der Waals surface area (Å²) < 4.78 is 7.17. The first kappa shape index (κ1) is 30.2. The van der Waals surface area contributed by atoms with E-state index in [0.29, 0.717) is 23.4 Å². The number of aromatic nitrogens is 5. The molecule has 1 amide bonds. The zero-order valence-corrected chi connectivity index (χ0v) is 27.6. The minimum atomic E-state index is 0.119. The number of carbonyl (C=O) groups excluding carboxylic acids is 1. The monoisotopic (exact) mass is 652 g/mol. The Kier molecular flexibility index (Phi) is 8.03. The van der Waals surface area contributed by atoms with Gasteiger partial charge in [0.1, 0.15) is 6.07 Å². The molecular weight excluding hydrogens is 613 g/mol. The van der Waals surface area contributed by atoms with E-state index in [-0.39, 0.29) is 23.9 Å². The van der Waals surface area contributed by atoms with Gasteiger partial charge in [-0.1, -0.05) is 11.3 Å². The van der Waals surface area contributed by atoms with Gasteiger partial charge in [-0.15, -0.1) is 10.2 Å². The lowest BCUT2D eigenvalue weighted by Crippen LogP contribution is -2.56. The lowest BCUT2D eigenvalue weighted by atomic mass is 9.90. The molecule has 3 aliphatic heterocycles. The first-order valence-corrected chi connectivity index (χ1v) is 17.6. The Morgan fingerprint density at radius 1 is 1.06 bits per heavy atom. The van der Waals surface area contributed by atoms with Gasteiger partial charge < -0.3 is 20.3 Å². The number of pyridine rings is 1. The molecule has 7 heterocycles. The number of carbonyl (C=O) groups is 1. The normalized spacial score (nSPS) is 23.6. The molecule has 3 saturated heterocycles. The quantitative estimate of drug-likeness (QED) is 0.287. The van der Waals surface area contributed by atoms with E-state index in [4.69, 9.17) is 9.72 Å². The predicted octanol–water partition coefficient (Wildman–Crippen LogP) is 4.05. The van der Waals surface area contributed by atoms with E-state index in [9.17, 15) is 10.1 Å². The molecule has 4 aromatic heterocycles. The number of nitrogens with one attached hydrogen (secondary N) is 2. The van der Waals surface area contributed by atoms with Crippen LogP contribution in [-0.2, 0) is 9.53 Å². The minimum Gasteiger partial charge on any atom is -0.382 e. The molecule has 3 atom stereocenters. The van der Waals surface area contributed by atoms with Gasteiger partial charge in [0.05, 0.1) is 53.5 Å². The van der Waals surface area contributed by atoms with Crippen molar-refractivity contribution < 1.29 is 9.53 Å². The highest BCUT2D eigenvalue weighted by molar-refractivity contribution is 7.18. The zero-order chi connectivity index (χ0) is 32.1. The van der Waals surface area contributed by atoms with Crippen LogP contribution in [0.3, 0.4) is 0 Å². The minimum absolute atomic E-state index is 0.119. The maximum absolute atomic E-state index is 13.3. The summed E-state index contributed by atoms with van der Waals surface area (Å²) >= 11 is 1.60. The Labute approximate surface area is 278 Å². The van der Waals surface area contributed by atoms with Gasteiger partial charge in [-0.2, -0.15) is 10.4 Å². The number of likely N-dealkylation sites (tertiary alicyclic amines) is 1. The van der Waals surface area contributed by atoms with Crippen molar-refractivity contribution in [2.45, 2.75) is 57.7 Å². The van der Waals surface area contributed by atoms with E-state index in [1.807, 2.05) is 30.5 Å². The lowest BCUT2D eigenvalue weighted by molar-refractivity contribution is -0.129. The molecule has 13 heteroatoms. The Bertz CT molecular complexity index is 1800. The molecule has 4 aromatic rings. The third-order valence-corrected chi connectivity index (χ3v) is 11.4. The van der Waals surface area contributed by atoms with E-state index in [2.05, 4.69) is 55.6 Å². The summed E-state index contributed by atoms with van der Waals surface area (Å²) in [5, 5.41) is 31.8. The van der Waals surface area contributed by atoms with Crippen molar-refractivity contribution in [1.29, 1.82) is 5.26 Å².